The molecule has 2 rings (SSSR count). The third-order valence-corrected chi connectivity index (χ3v) is 3.91. The number of nitrogens with zero attached hydrogens (tertiary/aromatic N) is 1. The number of aliphatic imine (C=N–C) groups is 1. The number of halogens is 2. The lowest BCUT2D eigenvalue weighted by Gasteiger charge is -2.25. The van der Waals surface area contributed by atoms with Crippen molar-refractivity contribution < 1.29 is 9.59 Å². The Morgan fingerprint density at radius 2 is 2.05 bits per heavy atom. The number of thioether (sulfide) groups is 1. The lowest BCUT2D eigenvalue weighted by Crippen LogP contribution is -2.58. The Hall–Kier alpha value is -1.24. The predicted octanol–water partition coefficient (Wildman–Crippen LogP) is 1.77. The molecule has 1 aromatic carbocycles. The summed E-state index contributed by atoms with van der Waals surface area (Å²) in [5, 5.41) is 5.39. The number of nitrogens with one attached hydrogen (secondary N) is 2. The fourth-order valence-electron chi connectivity index (χ4n) is 1.65. The Kier molecular flexibility index (Phi) is 4.57. The standard InChI is InChI=1S/C12H11Cl2N3O2S/c1-20-11-15-10(19)12(17-11,9(13)14)16-8(18)7-5-3-2-4-6-7/h2-6,9H,1H3,(H,16,18)(H,15,17,19). The summed E-state index contributed by atoms with van der Waals surface area (Å²) in [6, 6.07) is 8.45. The monoisotopic (exact) mass is 331 g/mol. The maximum Gasteiger partial charge on any atom is 0.277 e. The van der Waals surface area contributed by atoms with Gasteiger partial charge in [-0.1, -0.05) is 53.2 Å². The highest BCUT2D eigenvalue weighted by Gasteiger charge is 2.50. The first-order chi connectivity index (χ1) is 9.49. The average Bonchev–Trinajstić information content (AvgIpc) is 2.77. The Bertz CT molecular complexity index is 565. The molecule has 0 saturated heterocycles. The van der Waals surface area contributed by atoms with E-state index in [9.17, 15) is 9.59 Å². The first-order valence-corrected chi connectivity index (χ1v) is 7.70. The van der Waals surface area contributed by atoms with Crippen molar-refractivity contribution >= 4 is 51.9 Å². The molecular formula is C12H11Cl2N3O2S. The molecule has 8 heteroatoms. The fourth-order valence-corrected chi connectivity index (χ4v) is 2.48. The second-order valence-electron chi connectivity index (χ2n) is 3.96. The maximum absolute atomic E-state index is 12.2. The van der Waals surface area contributed by atoms with Crippen LogP contribution in [0.4, 0.5) is 0 Å². The van der Waals surface area contributed by atoms with Crippen LogP contribution in [0.1, 0.15) is 10.4 Å². The van der Waals surface area contributed by atoms with E-state index in [1.165, 1.54) is 11.8 Å². The number of rotatable bonds is 3. The van der Waals surface area contributed by atoms with E-state index < -0.39 is 22.3 Å². The Morgan fingerprint density at radius 1 is 1.40 bits per heavy atom. The van der Waals surface area contributed by atoms with Gasteiger partial charge in [0.25, 0.3) is 11.8 Å². The highest BCUT2D eigenvalue weighted by atomic mass is 35.5. The van der Waals surface area contributed by atoms with Gasteiger partial charge in [-0.15, -0.1) is 0 Å². The van der Waals surface area contributed by atoms with Crippen LogP contribution in [0.2, 0.25) is 0 Å². The minimum absolute atomic E-state index is 0.356. The summed E-state index contributed by atoms with van der Waals surface area (Å²) in [4.78, 5) is 27.1. The first-order valence-electron chi connectivity index (χ1n) is 5.60. The molecule has 1 unspecified atom stereocenters. The molecule has 1 atom stereocenters. The van der Waals surface area contributed by atoms with Gasteiger partial charge < -0.3 is 10.6 Å². The van der Waals surface area contributed by atoms with Crippen LogP contribution in [0.5, 0.6) is 0 Å². The van der Waals surface area contributed by atoms with Gasteiger partial charge in [-0.2, -0.15) is 0 Å². The molecule has 0 aromatic heterocycles. The van der Waals surface area contributed by atoms with E-state index in [0.29, 0.717) is 10.7 Å². The van der Waals surface area contributed by atoms with E-state index >= 15 is 0 Å². The normalized spacial score (nSPS) is 21.6. The van der Waals surface area contributed by atoms with Crippen molar-refractivity contribution in [3.8, 4) is 0 Å². The zero-order valence-corrected chi connectivity index (χ0v) is 12.7. The van der Waals surface area contributed by atoms with Crippen LogP contribution in [0.15, 0.2) is 35.3 Å². The molecule has 0 aliphatic carbocycles. The molecule has 0 bridgehead atoms. The minimum Gasteiger partial charge on any atom is -0.318 e. The van der Waals surface area contributed by atoms with E-state index in [2.05, 4.69) is 15.6 Å². The largest absolute Gasteiger partial charge is 0.318 e. The average molecular weight is 332 g/mol. The summed E-state index contributed by atoms with van der Waals surface area (Å²) in [7, 11) is 0. The van der Waals surface area contributed by atoms with Crippen molar-refractivity contribution in [2.75, 3.05) is 6.26 Å². The summed E-state index contributed by atoms with van der Waals surface area (Å²) in [6.45, 7) is 0. The first kappa shape index (κ1) is 15.2. The zero-order valence-electron chi connectivity index (χ0n) is 10.4. The van der Waals surface area contributed by atoms with E-state index in [4.69, 9.17) is 23.2 Å². The van der Waals surface area contributed by atoms with E-state index in [-0.39, 0.29) is 0 Å². The third-order valence-electron chi connectivity index (χ3n) is 2.69. The Balaban J connectivity index is 2.30. The number of hydrogen-bond donors (Lipinski definition) is 2. The van der Waals surface area contributed by atoms with Crippen LogP contribution in [-0.2, 0) is 4.79 Å². The molecule has 106 valence electrons. The Morgan fingerprint density at radius 3 is 2.55 bits per heavy atom. The summed E-state index contributed by atoms with van der Waals surface area (Å²) in [5.74, 6) is -1.03. The van der Waals surface area contributed by atoms with Gasteiger partial charge >= 0.3 is 0 Å². The lowest BCUT2D eigenvalue weighted by molar-refractivity contribution is -0.124. The second kappa shape index (κ2) is 6.03. The molecule has 0 spiro atoms. The van der Waals surface area contributed by atoms with Crippen molar-refractivity contribution in [3.05, 3.63) is 35.9 Å². The highest BCUT2D eigenvalue weighted by Crippen LogP contribution is 2.28. The van der Waals surface area contributed by atoms with Crippen LogP contribution in [-0.4, -0.2) is 33.7 Å². The number of amidine groups is 1. The second-order valence-corrected chi connectivity index (χ2v) is 5.85. The van der Waals surface area contributed by atoms with Crippen molar-refractivity contribution in [1.82, 2.24) is 10.6 Å². The molecule has 1 aliphatic heterocycles. The molecule has 1 heterocycles. The summed E-state index contributed by atoms with van der Waals surface area (Å²) >= 11 is 13.0. The molecule has 2 amide bonds. The van der Waals surface area contributed by atoms with Crippen LogP contribution in [0.25, 0.3) is 0 Å². The molecule has 0 saturated carbocycles. The van der Waals surface area contributed by atoms with Gasteiger partial charge in [-0.25, -0.2) is 4.99 Å². The summed E-state index contributed by atoms with van der Waals surface area (Å²) in [5.41, 5.74) is -1.31. The zero-order chi connectivity index (χ0) is 14.8. The topological polar surface area (TPSA) is 70.6 Å². The van der Waals surface area contributed by atoms with Gasteiger partial charge in [0.1, 0.15) is 0 Å². The van der Waals surface area contributed by atoms with Crippen LogP contribution in [0, 0.1) is 0 Å². The molecule has 0 radical (unpaired) electrons. The highest BCUT2D eigenvalue weighted by molar-refractivity contribution is 8.13. The van der Waals surface area contributed by atoms with Crippen molar-refractivity contribution in [2.24, 2.45) is 4.99 Å². The molecule has 1 aliphatic rings. The quantitative estimate of drug-likeness (QED) is 0.829. The summed E-state index contributed by atoms with van der Waals surface area (Å²) < 4.78 is 0. The number of amides is 2. The SMILES string of the molecule is CSC1=NC(NC(=O)c2ccccc2)(C(Cl)Cl)C(=O)N1. The number of carbonyl (C=O) groups excluding carboxylic acids is 2. The number of carbonyl (C=O) groups is 2. The minimum atomic E-state index is -1.70. The maximum atomic E-state index is 12.2. The van der Waals surface area contributed by atoms with Crippen LogP contribution >= 0.6 is 35.0 Å². The molecule has 1 aromatic rings. The van der Waals surface area contributed by atoms with Gasteiger partial charge in [0.15, 0.2) is 10.0 Å². The predicted molar refractivity (Wildman–Crippen MR) is 81.2 cm³/mol. The molecular weight excluding hydrogens is 321 g/mol. The molecule has 5 nitrogen and oxygen atoms in total. The molecule has 20 heavy (non-hydrogen) atoms. The summed E-state index contributed by atoms with van der Waals surface area (Å²) in [6.07, 6.45) is 1.74. The Labute approximate surface area is 130 Å². The van der Waals surface area contributed by atoms with Gasteiger partial charge in [0.2, 0.25) is 5.66 Å². The van der Waals surface area contributed by atoms with E-state index in [1.807, 2.05) is 0 Å². The van der Waals surface area contributed by atoms with E-state index in [0.717, 1.165) is 0 Å². The van der Waals surface area contributed by atoms with Gasteiger partial charge in [0.05, 0.1) is 0 Å². The van der Waals surface area contributed by atoms with Crippen molar-refractivity contribution in [3.63, 3.8) is 0 Å². The number of hydrogen-bond acceptors (Lipinski definition) is 4. The molecule has 0 fully saturated rings. The van der Waals surface area contributed by atoms with Crippen LogP contribution < -0.4 is 10.6 Å². The number of benzene rings is 1. The van der Waals surface area contributed by atoms with Gasteiger partial charge in [-0.3, -0.25) is 9.59 Å². The molecule has 2 N–H and O–H groups in total. The third kappa shape index (κ3) is 2.77. The van der Waals surface area contributed by atoms with Crippen molar-refractivity contribution in [1.29, 1.82) is 0 Å². The van der Waals surface area contributed by atoms with Crippen LogP contribution in [0.3, 0.4) is 0 Å². The smallest absolute Gasteiger partial charge is 0.277 e. The van der Waals surface area contributed by atoms with Crippen molar-refractivity contribution in [2.45, 2.75) is 10.5 Å². The van der Waals surface area contributed by atoms with E-state index in [1.54, 1.807) is 36.6 Å². The lowest BCUT2D eigenvalue weighted by atomic mass is 10.1. The fraction of sp³-hybridized carbons (Fsp3) is 0.250. The van der Waals surface area contributed by atoms with Gasteiger partial charge in [-0.05, 0) is 18.4 Å². The number of alkyl halides is 2. The van der Waals surface area contributed by atoms with Gasteiger partial charge in [0, 0.05) is 5.56 Å².